The van der Waals surface area contributed by atoms with Gasteiger partial charge in [-0.05, 0) is 41.1 Å². The Labute approximate surface area is 151 Å². The molecule has 4 aromatic rings. The maximum absolute atomic E-state index is 13.7. The third-order valence-electron chi connectivity index (χ3n) is 3.61. The van der Waals surface area contributed by atoms with Crippen LogP contribution in [0, 0.1) is 12.7 Å². The third-order valence-corrected chi connectivity index (χ3v) is 4.55. The maximum Gasteiger partial charge on any atom is 0.237 e. The van der Waals surface area contributed by atoms with Gasteiger partial charge in [-0.1, -0.05) is 29.1 Å². The lowest BCUT2D eigenvalue weighted by atomic mass is 10.1. The second-order valence-corrected chi connectivity index (χ2v) is 6.41. The number of halogens is 1. The quantitative estimate of drug-likeness (QED) is 0.476. The molecule has 0 spiro atoms. The van der Waals surface area contributed by atoms with E-state index in [0.717, 1.165) is 5.76 Å². The van der Waals surface area contributed by atoms with Crippen LogP contribution in [0.3, 0.4) is 0 Å². The summed E-state index contributed by atoms with van der Waals surface area (Å²) in [7, 11) is 0. The van der Waals surface area contributed by atoms with E-state index in [1.807, 2.05) is 6.07 Å². The summed E-state index contributed by atoms with van der Waals surface area (Å²) in [6, 6.07) is 8.48. The summed E-state index contributed by atoms with van der Waals surface area (Å²) in [6.07, 6.45) is 1.60. The highest BCUT2D eigenvalue weighted by Crippen LogP contribution is 2.23. The summed E-state index contributed by atoms with van der Waals surface area (Å²) >= 11 is 1.36. The molecule has 3 aromatic heterocycles. The van der Waals surface area contributed by atoms with E-state index in [4.69, 9.17) is 8.94 Å². The van der Waals surface area contributed by atoms with Crippen LogP contribution in [0.2, 0.25) is 0 Å². The van der Waals surface area contributed by atoms with Gasteiger partial charge < -0.3 is 8.94 Å². The third kappa shape index (κ3) is 3.49. The van der Waals surface area contributed by atoms with Crippen molar-refractivity contribution in [1.82, 2.24) is 30.3 Å². The summed E-state index contributed by atoms with van der Waals surface area (Å²) in [6.45, 7) is 2.13. The van der Waals surface area contributed by atoms with Gasteiger partial charge in [0, 0.05) is 5.56 Å². The molecule has 0 aliphatic carbocycles. The molecule has 0 N–H and O–H groups in total. The van der Waals surface area contributed by atoms with Crippen LogP contribution in [-0.2, 0) is 12.3 Å². The van der Waals surface area contributed by atoms with Crippen LogP contribution in [0.25, 0.3) is 11.4 Å². The van der Waals surface area contributed by atoms with E-state index < -0.39 is 0 Å². The van der Waals surface area contributed by atoms with Gasteiger partial charge in [-0.15, -0.1) is 5.10 Å². The molecule has 26 heavy (non-hydrogen) atoms. The van der Waals surface area contributed by atoms with Gasteiger partial charge in [0.1, 0.15) is 18.1 Å². The molecule has 0 radical (unpaired) electrons. The van der Waals surface area contributed by atoms with E-state index >= 15 is 0 Å². The minimum Gasteiger partial charge on any atom is -0.467 e. The van der Waals surface area contributed by atoms with Crippen molar-refractivity contribution in [2.75, 3.05) is 0 Å². The lowest BCUT2D eigenvalue weighted by molar-refractivity contribution is 0.391. The molecule has 0 unspecified atom stereocenters. The van der Waals surface area contributed by atoms with Crippen LogP contribution in [0.4, 0.5) is 4.39 Å². The van der Waals surface area contributed by atoms with E-state index in [9.17, 15) is 4.39 Å². The summed E-state index contributed by atoms with van der Waals surface area (Å²) in [5.74, 6) is 1.58. The zero-order valence-corrected chi connectivity index (χ0v) is 14.5. The van der Waals surface area contributed by atoms with Crippen molar-refractivity contribution in [2.45, 2.75) is 24.4 Å². The Morgan fingerprint density at radius 2 is 2.19 bits per heavy atom. The van der Waals surface area contributed by atoms with Crippen molar-refractivity contribution in [1.29, 1.82) is 0 Å². The first-order chi connectivity index (χ1) is 12.7. The minimum atomic E-state index is -0.305. The molecule has 0 saturated heterocycles. The van der Waals surface area contributed by atoms with E-state index in [2.05, 4.69) is 25.7 Å². The zero-order valence-electron chi connectivity index (χ0n) is 13.7. The second kappa shape index (κ2) is 7.08. The van der Waals surface area contributed by atoms with Crippen LogP contribution >= 0.6 is 11.8 Å². The highest BCUT2D eigenvalue weighted by atomic mass is 32.2. The van der Waals surface area contributed by atoms with Gasteiger partial charge in [0.15, 0.2) is 0 Å². The molecular weight excluding hydrogens is 359 g/mol. The highest BCUT2D eigenvalue weighted by Gasteiger charge is 2.14. The average Bonchev–Trinajstić information content (AvgIpc) is 3.38. The van der Waals surface area contributed by atoms with Gasteiger partial charge in [0.25, 0.3) is 0 Å². The number of aryl methyl sites for hydroxylation is 1. The predicted octanol–water partition coefficient (Wildman–Crippen LogP) is 3.10. The average molecular weight is 372 g/mol. The lowest BCUT2D eigenvalue weighted by Gasteiger charge is -2.00. The lowest BCUT2D eigenvalue weighted by Crippen LogP contribution is -2.03. The highest BCUT2D eigenvalue weighted by molar-refractivity contribution is 7.98. The van der Waals surface area contributed by atoms with Crippen LogP contribution in [0.1, 0.15) is 17.2 Å². The Balaban J connectivity index is 1.44. The largest absolute Gasteiger partial charge is 0.467 e. The van der Waals surface area contributed by atoms with Crippen molar-refractivity contribution in [3.05, 3.63) is 59.6 Å². The molecule has 3 heterocycles. The van der Waals surface area contributed by atoms with Crippen molar-refractivity contribution in [2.24, 2.45) is 0 Å². The number of hydrogen-bond donors (Lipinski definition) is 0. The molecule has 0 aliphatic heterocycles. The normalized spacial score (nSPS) is 11.2. The SMILES string of the molecule is Cc1ccc(-c2noc(CSc3nnnn3Cc3ccco3)n2)cc1F. The number of hydrogen-bond acceptors (Lipinski definition) is 8. The monoisotopic (exact) mass is 372 g/mol. The van der Waals surface area contributed by atoms with Crippen LogP contribution < -0.4 is 0 Å². The van der Waals surface area contributed by atoms with Crippen molar-refractivity contribution in [3.63, 3.8) is 0 Å². The summed E-state index contributed by atoms with van der Waals surface area (Å²) in [5.41, 5.74) is 1.13. The van der Waals surface area contributed by atoms with E-state index in [1.165, 1.54) is 17.8 Å². The van der Waals surface area contributed by atoms with Gasteiger partial charge in [0.2, 0.25) is 16.9 Å². The number of benzene rings is 1. The van der Waals surface area contributed by atoms with Crippen molar-refractivity contribution < 1.29 is 13.3 Å². The van der Waals surface area contributed by atoms with Gasteiger partial charge in [0.05, 0.1) is 12.0 Å². The Bertz CT molecular complexity index is 1010. The summed E-state index contributed by atoms with van der Waals surface area (Å²) in [4.78, 5) is 4.29. The van der Waals surface area contributed by atoms with E-state index in [-0.39, 0.29) is 5.82 Å². The summed E-state index contributed by atoms with van der Waals surface area (Å²) < 4.78 is 25.8. The number of rotatable bonds is 6. The molecule has 0 fully saturated rings. The van der Waals surface area contributed by atoms with Crippen LogP contribution in [0.15, 0.2) is 50.7 Å². The van der Waals surface area contributed by atoms with E-state index in [0.29, 0.717) is 40.3 Å². The summed E-state index contributed by atoms with van der Waals surface area (Å²) in [5, 5.41) is 16.1. The number of thioether (sulfide) groups is 1. The Morgan fingerprint density at radius 3 is 3.00 bits per heavy atom. The van der Waals surface area contributed by atoms with Crippen LogP contribution in [0.5, 0.6) is 0 Å². The topological polar surface area (TPSA) is 95.7 Å². The van der Waals surface area contributed by atoms with Crippen molar-refractivity contribution >= 4 is 11.8 Å². The molecule has 8 nitrogen and oxygen atoms in total. The number of tetrazole rings is 1. The molecular formula is C16H13FN6O2S. The van der Waals surface area contributed by atoms with Crippen LogP contribution in [-0.4, -0.2) is 30.3 Å². The van der Waals surface area contributed by atoms with Crippen molar-refractivity contribution in [3.8, 4) is 11.4 Å². The molecule has 0 atom stereocenters. The smallest absolute Gasteiger partial charge is 0.237 e. The maximum atomic E-state index is 13.7. The number of nitrogens with zero attached hydrogens (tertiary/aromatic N) is 6. The molecule has 4 rings (SSSR count). The Morgan fingerprint density at radius 1 is 1.27 bits per heavy atom. The zero-order chi connectivity index (χ0) is 17.9. The molecule has 0 saturated carbocycles. The van der Waals surface area contributed by atoms with Gasteiger partial charge in [-0.2, -0.15) is 4.98 Å². The first-order valence-corrected chi connectivity index (χ1v) is 8.68. The fourth-order valence-corrected chi connectivity index (χ4v) is 2.95. The minimum absolute atomic E-state index is 0.305. The molecule has 1 aromatic carbocycles. The van der Waals surface area contributed by atoms with Gasteiger partial charge >= 0.3 is 0 Å². The van der Waals surface area contributed by atoms with Gasteiger partial charge in [-0.25, -0.2) is 9.07 Å². The number of aromatic nitrogens is 6. The fraction of sp³-hybridized carbons (Fsp3) is 0.188. The Hall–Kier alpha value is -3.01. The number of furan rings is 1. The Kier molecular flexibility index (Phi) is 4.48. The molecule has 0 bridgehead atoms. The molecule has 132 valence electrons. The first-order valence-electron chi connectivity index (χ1n) is 7.69. The standard InChI is InChI=1S/C16H13FN6O2S/c1-10-4-5-11(7-13(10)17)15-18-14(25-20-15)9-26-16-19-21-22-23(16)8-12-3-2-6-24-12/h2-7H,8-9H2,1H3. The molecule has 10 heteroatoms. The van der Waals surface area contributed by atoms with Gasteiger partial charge in [-0.3, -0.25) is 0 Å². The fourth-order valence-electron chi connectivity index (χ4n) is 2.24. The molecule has 0 amide bonds. The second-order valence-electron chi connectivity index (χ2n) is 5.46. The molecule has 0 aliphatic rings. The van der Waals surface area contributed by atoms with E-state index in [1.54, 1.807) is 36.1 Å². The first kappa shape index (κ1) is 16.5. The predicted molar refractivity (Wildman–Crippen MR) is 89.6 cm³/mol.